The topological polar surface area (TPSA) is 80.0 Å². The van der Waals surface area contributed by atoms with E-state index in [1.807, 2.05) is 50.2 Å². The summed E-state index contributed by atoms with van der Waals surface area (Å²) >= 11 is 0. The number of carbonyl (C=O) groups excluding carboxylic acids is 1. The maximum atomic E-state index is 12.2. The summed E-state index contributed by atoms with van der Waals surface area (Å²) in [5.41, 5.74) is 0.993. The second-order valence-electron chi connectivity index (χ2n) is 7.69. The van der Waals surface area contributed by atoms with E-state index in [4.69, 9.17) is 9.15 Å². The number of methoxy groups -OCH3 is 1. The number of ether oxygens (including phenoxy) is 1. The predicted molar refractivity (Wildman–Crippen MR) is 115 cm³/mol. The van der Waals surface area contributed by atoms with Crippen molar-refractivity contribution in [2.75, 3.05) is 13.7 Å². The minimum Gasteiger partial charge on any atom is -0.480 e. The van der Waals surface area contributed by atoms with E-state index < -0.39 is 18.1 Å². The van der Waals surface area contributed by atoms with Crippen molar-refractivity contribution in [3.8, 4) is 11.3 Å². The normalized spacial score (nSPS) is 12.1. The van der Waals surface area contributed by atoms with Gasteiger partial charge in [-0.1, -0.05) is 56.3 Å². The molecule has 6 heteroatoms. The number of hydrogen-bond donors (Lipinski definition) is 1. The third kappa shape index (κ3) is 4.82. The van der Waals surface area contributed by atoms with Crippen LogP contribution in [0.4, 0.5) is 4.79 Å². The molecular formula is C24H27NO5. The molecule has 1 heterocycles. The number of carboxylic acid groups (broad SMARTS) is 1. The molecule has 0 spiro atoms. The Morgan fingerprint density at radius 2 is 1.80 bits per heavy atom. The number of furan rings is 1. The molecule has 0 fully saturated rings. The molecule has 1 atom stereocenters. The highest BCUT2D eigenvalue weighted by molar-refractivity contribution is 5.95. The van der Waals surface area contributed by atoms with Crippen LogP contribution in [-0.2, 0) is 16.0 Å². The fourth-order valence-corrected chi connectivity index (χ4v) is 3.63. The maximum absolute atomic E-state index is 12.2. The first-order valence-electron chi connectivity index (χ1n) is 10.0. The van der Waals surface area contributed by atoms with Gasteiger partial charge in [-0.2, -0.15) is 0 Å². The smallest absolute Gasteiger partial charge is 0.410 e. The molecule has 1 unspecified atom stereocenters. The molecule has 0 aliphatic rings. The Kier molecular flexibility index (Phi) is 6.77. The van der Waals surface area contributed by atoms with Crippen LogP contribution >= 0.6 is 0 Å². The number of amides is 1. The molecule has 0 saturated carbocycles. The quantitative estimate of drug-likeness (QED) is 0.552. The number of carbonyl (C=O) groups is 2. The summed E-state index contributed by atoms with van der Waals surface area (Å²) in [6.07, 6.45) is 0.0925. The minimum atomic E-state index is -1.04. The Hall–Kier alpha value is -3.28. The molecule has 6 nitrogen and oxygen atoms in total. The van der Waals surface area contributed by atoms with Crippen LogP contribution in [0.15, 0.2) is 59.0 Å². The Morgan fingerprint density at radius 3 is 2.50 bits per heavy atom. The Balaban J connectivity index is 1.80. The van der Waals surface area contributed by atoms with Crippen molar-refractivity contribution >= 4 is 22.8 Å². The lowest BCUT2D eigenvalue weighted by Crippen LogP contribution is -2.46. The first-order chi connectivity index (χ1) is 14.4. The van der Waals surface area contributed by atoms with E-state index in [0.29, 0.717) is 18.6 Å². The average Bonchev–Trinajstić information content (AvgIpc) is 3.20. The summed E-state index contributed by atoms with van der Waals surface area (Å²) in [6, 6.07) is 17.0. The van der Waals surface area contributed by atoms with E-state index in [0.717, 1.165) is 22.1 Å². The molecule has 3 aromatic rings. The fourth-order valence-electron chi connectivity index (χ4n) is 3.63. The van der Waals surface area contributed by atoms with Gasteiger partial charge in [-0.25, -0.2) is 9.59 Å². The summed E-state index contributed by atoms with van der Waals surface area (Å²) in [6.45, 7) is 4.04. The van der Waals surface area contributed by atoms with Crippen molar-refractivity contribution in [3.63, 3.8) is 0 Å². The lowest BCUT2D eigenvalue weighted by Gasteiger charge is -2.28. The van der Waals surface area contributed by atoms with Crippen LogP contribution < -0.4 is 0 Å². The summed E-state index contributed by atoms with van der Waals surface area (Å²) in [5.74, 6) is 0.508. The Morgan fingerprint density at radius 1 is 1.07 bits per heavy atom. The van der Waals surface area contributed by atoms with Gasteiger partial charge in [0.2, 0.25) is 0 Å². The third-order valence-corrected chi connectivity index (χ3v) is 5.08. The number of benzene rings is 2. The third-order valence-electron chi connectivity index (χ3n) is 5.08. The van der Waals surface area contributed by atoms with Crippen molar-refractivity contribution in [2.24, 2.45) is 5.92 Å². The van der Waals surface area contributed by atoms with Crippen LogP contribution in [0.1, 0.15) is 26.0 Å². The zero-order valence-electron chi connectivity index (χ0n) is 17.5. The highest BCUT2D eigenvalue weighted by atomic mass is 16.5. The van der Waals surface area contributed by atoms with Gasteiger partial charge in [0.1, 0.15) is 17.6 Å². The van der Waals surface area contributed by atoms with Crippen LogP contribution in [0.25, 0.3) is 22.1 Å². The summed E-state index contributed by atoms with van der Waals surface area (Å²) in [4.78, 5) is 25.3. The molecule has 158 valence electrons. The van der Waals surface area contributed by atoms with Crippen molar-refractivity contribution in [1.82, 2.24) is 4.90 Å². The molecule has 0 radical (unpaired) electrons. The van der Waals surface area contributed by atoms with E-state index in [2.05, 4.69) is 18.2 Å². The van der Waals surface area contributed by atoms with Crippen molar-refractivity contribution in [3.05, 3.63) is 60.4 Å². The maximum Gasteiger partial charge on any atom is 0.410 e. The lowest BCUT2D eigenvalue weighted by atomic mass is 10.0. The van der Waals surface area contributed by atoms with E-state index in [9.17, 15) is 14.7 Å². The van der Waals surface area contributed by atoms with Crippen LogP contribution in [0, 0.1) is 5.92 Å². The SMILES string of the molecule is COC(=O)N(CCc1ccc(-c2cccc3ccccc23)o1)C(CC(C)C)C(=O)O. The van der Waals surface area contributed by atoms with Gasteiger partial charge < -0.3 is 14.3 Å². The Labute approximate surface area is 176 Å². The number of carboxylic acids is 1. The molecule has 1 N–H and O–H groups in total. The van der Waals surface area contributed by atoms with E-state index in [-0.39, 0.29) is 12.5 Å². The van der Waals surface area contributed by atoms with Gasteiger partial charge in [0.25, 0.3) is 0 Å². The van der Waals surface area contributed by atoms with Gasteiger partial charge in [0, 0.05) is 18.5 Å². The molecular weight excluding hydrogens is 382 g/mol. The first-order valence-corrected chi connectivity index (χ1v) is 10.0. The first kappa shape index (κ1) is 21.4. The van der Waals surface area contributed by atoms with Gasteiger partial charge in [-0.15, -0.1) is 0 Å². The van der Waals surface area contributed by atoms with Crippen molar-refractivity contribution in [2.45, 2.75) is 32.7 Å². The number of hydrogen-bond acceptors (Lipinski definition) is 4. The second-order valence-corrected chi connectivity index (χ2v) is 7.69. The molecule has 0 aliphatic carbocycles. The van der Waals surface area contributed by atoms with Gasteiger partial charge in [-0.3, -0.25) is 4.90 Å². The number of nitrogens with zero attached hydrogens (tertiary/aromatic N) is 1. The second kappa shape index (κ2) is 9.48. The minimum absolute atomic E-state index is 0.125. The fraction of sp³-hybridized carbons (Fsp3) is 0.333. The van der Waals surface area contributed by atoms with Crippen LogP contribution in [-0.4, -0.2) is 41.8 Å². The van der Waals surface area contributed by atoms with Gasteiger partial charge in [0.05, 0.1) is 7.11 Å². The largest absolute Gasteiger partial charge is 0.480 e. The van der Waals surface area contributed by atoms with Crippen molar-refractivity contribution in [1.29, 1.82) is 0 Å². The molecule has 30 heavy (non-hydrogen) atoms. The predicted octanol–water partition coefficient (Wildman–Crippen LogP) is 5.21. The number of aliphatic carboxylic acids is 1. The lowest BCUT2D eigenvalue weighted by molar-refractivity contribution is -0.143. The molecule has 0 aliphatic heterocycles. The zero-order valence-corrected chi connectivity index (χ0v) is 17.5. The van der Waals surface area contributed by atoms with Crippen LogP contribution in [0.2, 0.25) is 0 Å². The Bertz CT molecular complexity index is 1020. The summed E-state index contributed by atoms with van der Waals surface area (Å²) < 4.78 is 10.9. The van der Waals surface area contributed by atoms with E-state index >= 15 is 0 Å². The highest BCUT2D eigenvalue weighted by Crippen LogP contribution is 2.30. The van der Waals surface area contributed by atoms with Crippen molar-refractivity contribution < 1.29 is 23.8 Å². The molecule has 2 aromatic carbocycles. The molecule has 0 saturated heterocycles. The molecule has 1 aromatic heterocycles. The molecule has 1 amide bonds. The van der Waals surface area contributed by atoms with Crippen LogP contribution in [0.3, 0.4) is 0 Å². The standard InChI is InChI=1S/C24H27NO5/c1-16(2)15-21(23(26)27)25(24(28)29-3)14-13-18-11-12-22(30-18)20-10-6-8-17-7-4-5-9-19(17)20/h4-12,16,21H,13-15H2,1-3H3,(H,26,27). The van der Waals surface area contributed by atoms with E-state index in [1.165, 1.54) is 12.0 Å². The zero-order chi connectivity index (χ0) is 21.7. The molecule has 3 rings (SSSR count). The van der Waals surface area contributed by atoms with Gasteiger partial charge in [-0.05, 0) is 35.2 Å². The van der Waals surface area contributed by atoms with Gasteiger partial charge in [0.15, 0.2) is 0 Å². The summed E-state index contributed by atoms with van der Waals surface area (Å²) in [5, 5.41) is 11.8. The van der Waals surface area contributed by atoms with E-state index in [1.54, 1.807) is 0 Å². The summed E-state index contributed by atoms with van der Waals surface area (Å²) in [7, 11) is 1.26. The average molecular weight is 409 g/mol. The van der Waals surface area contributed by atoms with Gasteiger partial charge >= 0.3 is 12.1 Å². The molecule has 0 bridgehead atoms. The highest BCUT2D eigenvalue weighted by Gasteiger charge is 2.31. The monoisotopic (exact) mass is 409 g/mol. The number of rotatable bonds is 8. The van der Waals surface area contributed by atoms with Crippen LogP contribution in [0.5, 0.6) is 0 Å². The number of fused-ring (bicyclic) bond motifs is 1.